The monoisotopic (exact) mass is 402 g/mol. The zero-order valence-electron chi connectivity index (χ0n) is 14.4. The molecule has 0 saturated heterocycles. The highest BCUT2D eigenvalue weighted by molar-refractivity contribution is 7.89. The highest BCUT2D eigenvalue weighted by Crippen LogP contribution is 2.22. The zero-order valence-corrected chi connectivity index (χ0v) is 16.0. The van der Waals surface area contributed by atoms with E-state index in [1.807, 2.05) is 47.8 Å². The molecule has 1 heterocycles. The van der Waals surface area contributed by atoms with Crippen molar-refractivity contribution >= 4 is 27.0 Å². The molecule has 0 saturated carbocycles. The van der Waals surface area contributed by atoms with E-state index < -0.39 is 14.9 Å². The Balaban J connectivity index is 1.87. The minimum Gasteiger partial charge on any atom is -0.258 e. The van der Waals surface area contributed by atoms with Crippen LogP contribution in [0.25, 0.3) is 0 Å². The Labute approximate surface area is 161 Å². The topological polar surface area (TPSA) is 80.5 Å². The molecule has 140 valence electrons. The number of rotatable bonds is 8. The summed E-state index contributed by atoms with van der Waals surface area (Å²) in [6, 6.07) is 18.3. The first kappa shape index (κ1) is 19.2. The van der Waals surface area contributed by atoms with Gasteiger partial charge in [-0.1, -0.05) is 36.4 Å². The molecular formula is C19H18N2O4S2. The van der Waals surface area contributed by atoms with Crippen molar-refractivity contribution in [3.8, 4) is 0 Å². The number of nitro groups is 1. The van der Waals surface area contributed by atoms with Gasteiger partial charge in [0.1, 0.15) is 0 Å². The SMILES string of the molecule is O=[N+]([O-])c1ccc(S(=O)(=O)N(CCc2cccs2)Cc2ccccc2)cc1. The van der Waals surface area contributed by atoms with Crippen LogP contribution in [0.1, 0.15) is 10.4 Å². The van der Waals surface area contributed by atoms with Crippen LogP contribution in [-0.2, 0) is 23.0 Å². The molecule has 0 aliphatic rings. The van der Waals surface area contributed by atoms with E-state index in [4.69, 9.17) is 0 Å². The fourth-order valence-electron chi connectivity index (χ4n) is 2.65. The van der Waals surface area contributed by atoms with Crippen LogP contribution < -0.4 is 0 Å². The average molecular weight is 402 g/mol. The molecule has 6 nitrogen and oxygen atoms in total. The first-order chi connectivity index (χ1) is 13.0. The molecule has 8 heteroatoms. The van der Waals surface area contributed by atoms with Crippen LogP contribution >= 0.6 is 11.3 Å². The Morgan fingerprint density at radius 1 is 0.963 bits per heavy atom. The van der Waals surface area contributed by atoms with E-state index in [1.165, 1.54) is 28.6 Å². The van der Waals surface area contributed by atoms with Gasteiger partial charge in [0.15, 0.2) is 0 Å². The molecule has 0 aliphatic heterocycles. The number of nitro benzene ring substituents is 1. The number of sulfonamides is 1. The third-order valence-corrected chi connectivity index (χ3v) is 6.87. The molecule has 1 aromatic heterocycles. The van der Waals surface area contributed by atoms with Gasteiger partial charge in [-0.2, -0.15) is 4.31 Å². The van der Waals surface area contributed by atoms with Gasteiger partial charge in [0.2, 0.25) is 10.0 Å². The van der Waals surface area contributed by atoms with Crippen molar-refractivity contribution in [3.63, 3.8) is 0 Å². The molecule has 3 rings (SSSR count). The number of thiophene rings is 1. The van der Waals surface area contributed by atoms with Gasteiger partial charge < -0.3 is 0 Å². The maximum Gasteiger partial charge on any atom is 0.269 e. The van der Waals surface area contributed by atoms with Crippen molar-refractivity contribution in [3.05, 3.63) is 92.7 Å². The molecule has 0 radical (unpaired) electrons. The average Bonchev–Trinajstić information content (AvgIpc) is 3.19. The Morgan fingerprint density at radius 2 is 1.67 bits per heavy atom. The lowest BCUT2D eigenvalue weighted by molar-refractivity contribution is -0.384. The van der Waals surface area contributed by atoms with Crippen molar-refractivity contribution in [1.29, 1.82) is 0 Å². The third-order valence-electron chi connectivity index (χ3n) is 4.07. The van der Waals surface area contributed by atoms with E-state index in [-0.39, 0.29) is 17.1 Å². The van der Waals surface area contributed by atoms with E-state index in [0.29, 0.717) is 13.0 Å². The second kappa shape index (κ2) is 8.43. The summed E-state index contributed by atoms with van der Waals surface area (Å²) in [5, 5.41) is 12.8. The van der Waals surface area contributed by atoms with E-state index in [9.17, 15) is 18.5 Å². The maximum absolute atomic E-state index is 13.1. The van der Waals surface area contributed by atoms with E-state index in [1.54, 1.807) is 11.3 Å². The minimum atomic E-state index is -3.78. The summed E-state index contributed by atoms with van der Waals surface area (Å²) in [5.74, 6) is 0. The predicted octanol–water partition coefficient (Wildman–Crippen LogP) is 4.09. The van der Waals surface area contributed by atoms with Gasteiger partial charge in [0.05, 0.1) is 9.82 Å². The Morgan fingerprint density at radius 3 is 2.26 bits per heavy atom. The van der Waals surface area contributed by atoms with Gasteiger partial charge in [0.25, 0.3) is 5.69 Å². The van der Waals surface area contributed by atoms with Crippen LogP contribution in [0.15, 0.2) is 77.0 Å². The normalized spacial score (nSPS) is 11.6. The second-order valence-corrected chi connectivity index (χ2v) is 8.87. The molecule has 0 bridgehead atoms. The Kier molecular flexibility index (Phi) is 6.00. The van der Waals surface area contributed by atoms with Crippen LogP contribution in [0.2, 0.25) is 0 Å². The lowest BCUT2D eigenvalue weighted by Gasteiger charge is -2.22. The summed E-state index contributed by atoms with van der Waals surface area (Å²) in [5.41, 5.74) is 0.747. The van der Waals surface area contributed by atoms with Gasteiger partial charge in [-0.05, 0) is 35.6 Å². The largest absolute Gasteiger partial charge is 0.269 e. The van der Waals surface area contributed by atoms with Crippen molar-refractivity contribution in [2.45, 2.75) is 17.9 Å². The molecule has 27 heavy (non-hydrogen) atoms. The highest BCUT2D eigenvalue weighted by Gasteiger charge is 2.25. The van der Waals surface area contributed by atoms with Gasteiger partial charge in [-0.25, -0.2) is 8.42 Å². The molecule has 0 fully saturated rings. The van der Waals surface area contributed by atoms with Crippen LogP contribution in [-0.4, -0.2) is 24.2 Å². The number of hydrogen-bond acceptors (Lipinski definition) is 5. The maximum atomic E-state index is 13.1. The molecule has 3 aromatic rings. The zero-order chi connectivity index (χ0) is 19.3. The van der Waals surface area contributed by atoms with Gasteiger partial charge >= 0.3 is 0 Å². The van der Waals surface area contributed by atoms with Crippen molar-refractivity contribution in [2.75, 3.05) is 6.54 Å². The van der Waals surface area contributed by atoms with E-state index >= 15 is 0 Å². The number of hydrogen-bond donors (Lipinski definition) is 0. The van der Waals surface area contributed by atoms with E-state index in [2.05, 4.69) is 0 Å². The number of non-ortho nitro benzene ring substituents is 1. The van der Waals surface area contributed by atoms with Gasteiger partial charge in [0, 0.05) is 30.1 Å². The lowest BCUT2D eigenvalue weighted by Crippen LogP contribution is -2.32. The summed E-state index contributed by atoms with van der Waals surface area (Å²) in [6.07, 6.45) is 0.608. The highest BCUT2D eigenvalue weighted by atomic mass is 32.2. The third kappa shape index (κ3) is 4.79. The fraction of sp³-hybridized carbons (Fsp3) is 0.158. The minimum absolute atomic E-state index is 0.0511. The number of benzene rings is 2. The first-order valence-electron chi connectivity index (χ1n) is 8.28. The van der Waals surface area contributed by atoms with Crippen molar-refractivity contribution < 1.29 is 13.3 Å². The molecule has 0 atom stereocenters. The van der Waals surface area contributed by atoms with Crippen molar-refractivity contribution in [2.24, 2.45) is 0 Å². The van der Waals surface area contributed by atoms with E-state index in [0.717, 1.165) is 10.4 Å². The Bertz CT molecular complexity index is 986. The molecule has 0 spiro atoms. The van der Waals surface area contributed by atoms with Crippen molar-refractivity contribution in [1.82, 2.24) is 4.31 Å². The van der Waals surface area contributed by atoms with Crippen LogP contribution in [0, 0.1) is 10.1 Å². The lowest BCUT2D eigenvalue weighted by atomic mass is 10.2. The summed E-state index contributed by atoms with van der Waals surface area (Å²) >= 11 is 1.59. The molecule has 0 aliphatic carbocycles. The summed E-state index contributed by atoms with van der Waals surface area (Å²) in [7, 11) is -3.78. The van der Waals surface area contributed by atoms with Crippen LogP contribution in [0.5, 0.6) is 0 Å². The van der Waals surface area contributed by atoms with Crippen LogP contribution in [0.4, 0.5) is 5.69 Å². The quantitative estimate of drug-likeness (QED) is 0.420. The summed E-state index contributed by atoms with van der Waals surface area (Å²) in [4.78, 5) is 11.4. The fourth-order valence-corrected chi connectivity index (χ4v) is 4.78. The smallest absolute Gasteiger partial charge is 0.258 e. The first-order valence-corrected chi connectivity index (χ1v) is 10.6. The van der Waals surface area contributed by atoms with Gasteiger partial charge in [-0.15, -0.1) is 11.3 Å². The molecule has 2 aromatic carbocycles. The standard InChI is InChI=1S/C19H18N2O4S2/c22-21(23)17-8-10-19(11-9-17)27(24,25)20(13-12-18-7-4-14-26-18)15-16-5-2-1-3-6-16/h1-11,14H,12-13,15H2. The molecule has 0 unspecified atom stereocenters. The number of nitrogens with zero attached hydrogens (tertiary/aromatic N) is 2. The Hall–Kier alpha value is -2.55. The predicted molar refractivity (Wildman–Crippen MR) is 105 cm³/mol. The van der Waals surface area contributed by atoms with Crippen LogP contribution in [0.3, 0.4) is 0 Å². The molecule has 0 N–H and O–H groups in total. The molecule has 0 amide bonds. The van der Waals surface area contributed by atoms with Gasteiger partial charge in [-0.3, -0.25) is 10.1 Å². The summed E-state index contributed by atoms with van der Waals surface area (Å²) in [6.45, 7) is 0.570. The second-order valence-electron chi connectivity index (χ2n) is 5.90. The molecular weight excluding hydrogens is 384 g/mol. The summed E-state index contributed by atoms with van der Waals surface area (Å²) < 4.78 is 27.7.